The molecule has 0 aliphatic carbocycles. The van der Waals surface area contributed by atoms with Gasteiger partial charge in [0.15, 0.2) is 5.82 Å². The lowest BCUT2D eigenvalue weighted by Crippen LogP contribution is -2.01. The van der Waals surface area contributed by atoms with E-state index in [9.17, 15) is 8.78 Å². The van der Waals surface area contributed by atoms with Gasteiger partial charge < -0.3 is 11.1 Å². The first kappa shape index (κ1) is 11.5. The molecule has 0 spiro atoms. The molecule has 0 saturated carbocycles. The molecule has 88 valence electrons. The van der Waals surface area contributed by atoms with Gasteiger partial charge in [-0.3, -0.25) is 0 Å². The summed E-state index contributed by atoms with van der Waals surface area (Å²) in [4.78, 5) is 7.46. The summed E-state index contributed by atoms with van der Waals surface area (Å²) in [6.07, 6.45) is 1.19. The minimum absolute atomic E-state index is 0.0476. The molecule has 17 heavy (non-hydrogen) atoms. The highest BCUT2D eigenvalue weighted by molar-refractivity contribution is 6.35. The van der Waals surface area contributed by atoms with Crippen molar-refractivity contribution in [2.75, 3.05) is 11.1 Å². The number of benzene rings is 1. The first-order valence-electron chi connectivity index (χ1n) is 4.56. The van der Waals surface area contributed by atoms with Gasteiger partial charge in [0.25, 0.3) is 0 Å². The lowest BCUT2D eigenvalue weighted by Gasteiger charge is -2.08. The number of nitrogens with two attached hydrogens (primary N) is 1. The van der Waals surface area contributed by atoms with E-state index in [0.29, 0.717) is 0 Å². The number of nitrogens with one attached hydrogen (secondary N) is 1. The number of hydrogen-bond acceptors (Lipinski definition) is 4. The van der Waals surface area contributed by atoms with Gasteiger partial charge in [0.1, 0.15) is 28.8 Å². The van der Waals surface area contributed by atoms with E-state index in [1.54, 1.807) is 0 Å². The fraction of sp³-hybridized carbons (Fsp3) is 0. The van der Waals surface area contributed by atoms with E-state index in [0.717, 1.165) is 12.1 Å². The summed E-state index contributed by atoms with van der Waals surface area (Å²) in [6, 6.07) is 3.10. The minimum Gasteiger partial charge on any atom is -0.382 e. The van der Waals surface area contributed by atoms with Gasteiger partial charge in [0.2, 0.25) is 0 Å². The van der Waals surface area contributed by atoms with E-state index in [1.165, 1.54) is 12.4 Å². The van der Waals surface area contributed by atoms with Crippen molar-refractivity contribution < 1.29 is 8.78 Å². The lowest BCUT2D eigenvalue weighted by molar-refractivity contribution is 0.586. The first-order valence-corrected chi connectivity index (χ1v) is 4.94. The molecule has 1 heterocycles. The van der Waals surface area contributed by atoms with Crippen molar-refractivity contribution in [3.8, 4) is 0 Å². The Morgan fingerprint density at radius 1 is 1.24 bits per heavy atom. The topological polar surface area (TPSA) is 63.8 Å². The molecular weight excluding hydrogens is 250 g/mol. The number of aromatic nitrogens is 2. The molecule has 7 heteroatoms. The summed E-state index contributed by atoms with van der Waals surface area (Å²) in [7, 11) is 0. The molecule has 4 nitrogen and oxygen atoms in total. The molecule has 0 atom stereocenters. The van der Waals surface area contributed by atoms with Gasteiger partial charge in [-0.05, 0) is 12.1 Å². The Labute approximate surface area is 100 Å². The summed E-state index contributed by atoms with van der Waals surface area (Å²) in [5.74, 6) is -1.18. The van der Waals surface area contributed by atoms with Crippen LogP contribution in [0.5, 0.6) is 0 Å². The van der Waals surface area contributed by atoms with E-state index in [2.05, 4.69) is 15.3 Å². The normalized spacial score (nSPS) is 10.3. The molecule has 0 amide bonds. The van der Waals surface area contributed by atoms with Gasteiger partial charge in [-0.25, -0.2) is 18.7 Å². The third-order valence-electron chi connectivity index (χ3n) is 2.00. The summed E-state index contributed by atoms with van der Waals surface area (Å²) in [6.45, 7) is 0. The highest BCUT2D eigenvalue weighted by atomic mass is 35.5. The van der Waals surface area contributed by atoms with Crippen LogP contribution in [0.1, 0.15) is 0 Å². The standard InChI is InChI=1S/C10H7ClF2N4/c11-8-9(14)15-4-16-10(8)17-7-2-1-5(12)3-6(7)13/h1-4H,(H3,14,15,16,17). The van der Waals surface area contributed by atoms with Gasteiger partial charge >= 0.3 is 0 Å². The summed E-state index contributed by atoms with van der Waals surface area (Å²) < 4.78 is 26.0. The highest BCUT2D eigenvalue weighted by Crippen LogP contribution is 2.27. The maximum atomic E-state index is 13.3. The molecular formula is C10H7ClF2N4. The highest BCUT2D eigenvalue weighted by Gasteiger charge is 2.09. The van der Waals surface area contributed by atoms with Crippen molar-refractivity contribution in [3.63, 3.8) is 0 Å². The van der Waals surface area contributed by atoms with Crippen LogP contribution in [0.4, 0.5) is 26.1 Å². The zero-order valence-electron chi connectivity index (χ0n) is 8.42. The van der Waals surface area contributed by atoms with Crippen LogP contribution >= 0.6 is 11.6 Å². The number of hydrogen-bond donors (Lipinski definition) is 2. The molecule has 0 radical (unpaired) electrons. The Kier molecular flexibility index (Phi) is 3.06. The largest absolute Gasteiger partial charge is 0.382 e. The summed E-state index contributed by atoms with van der Waals surface area (Å²) in [5, 5.41) is 2.68. The molecule has 2 aromatic rings. The van der Waals surface area contributed by atoms with Crippen LogP contribution in [-0.2, 0) is 0 Å². The van der Waals surface area contributed by atoms with Crippen molar-refractivity contribution in [2.24, 2.45) is 0 Å². The third-order valence-corrected chi connectivity index (χ3v) is 2.37. The van der Waals surface area contributed by atoms with E-state index in [-0.39, 0.29) is 22.3 Å². The maximum absolute atomic E-state index is 13.3. The van der Waals surface area contributed by atoms with E-state index in [1.807, 2.05) is 0 Å². The van der Waals surface area contributed by atoms with Crippen LogP contribution in [0.25, 0.3) is 0 Å². The van der Waals surface area contributed by atoms with E-state index >= 15 is 0 Å². The molecule has 1 aromatic carbocycles. The minimum atomic E-state index is -0.752. The van der Waals surface area contributed by atoms with Crippen LogP contribution < -0.4 is 11.1 Å². The molecule has 0 bridgehead atoms. The van der Waals surface area contributed by atoms with Gasteiger partial charge in [-0.15, -0.1) is 0 Å². The van der Waals surface area contributed by atoms with Crippen LogP contribution in [0, 0.1) is 11.6 Å². The predicted molar refractivity (Wildman–Crippen MR) is 61.1 cm³/mol. The first-order chi connectivity index (χ1) is 8.08. The Balaban J connectivity index is 2.35. The van der Waals surface area contributed by atoms with Gasteiger partial charge in [0.05, 0.1) is 5.69 Å². The average Bonchev–Trinajstić information content (AvgIpc) is 2.28. The van der Waals surface area contributed by atoms with Gasteiger partial charge in [0, 0.05) is 6.07 Å². The van der Waals surface area contributed by atoms with Crippen LogP contribution in [-0.4, -0.2) is 9.97 Å². The zero-order chi connectivity index (χ0) is 12.4. The number of halogens is 3. The van der Waals surface area contributed by atoms with Gasteiger partial charge in [-0.2, -0.15) is 0 Å². The number of anilines is 3. The molecule has 2 rings (SSSR count). The predicted octanol–water partition coefficient (Wildman–Crippen LogP) is 2.73. The van der Waals surface area contributed by atoms with E-state index < -0.39 is 11.6 Å². The quantitative estimate of drug-likeness (QED) is 0.867. The van der Waals surface area contributed by atoms with E-state index in [4.69, 9.17) is 17.3 Å². The fourth-order valence-corrected chi connectivity index (χ4v) is 1.33. The second-order valence-corrected chi connectivity index (χ2v) is 3.55. The lowest BCUT2D eigenvalue weighted by atomic mass is 10.3. The molecule has 1 aromatic heterocycles. The van der Waals surface area contributed by atoms with Crippen molar-refractivity contribution in [1.82, 2.24) is 9.97 Å². The van der Waals surface area contributed by atoms with Crippen LogP contribution in [0.3, 0.4) is 0 Å². The summed E-state index contributed by atoms with van der Waals surface area (Å²) in [5.41, 5.74) is 5.51. The molecule has 0 fully saturated rings. The Hall–Kier alpha value is -1.95. The number of nitrogen functional groups attached to an aromatic ring is 1. The molecule has 0 aliphatic rings. The SMILES string of the molecule is Nc1ncnc(Nc2ccc(F)cc2F)c1Cl. The smallest absolute Gasteiger partial charge is 0.154 e. The monoisotopic (exact) mass is 256 g/mol. The third kappa shape index (κ3) is 2.42. The molecule has 0 saturated heterocycles. The Morgan fingerprint density at radius 3 is 2.71 bits per heavy atom. The Bertz CT molecular complexity index is 562. The van der Waals surface area contributed by atoms with Gasteiger partial charge in [-0.1, -0.05) is 11.6 Å². The molecule has 0 unspecified atom stereocenters. The number of rotatable bonds is 2. The Morgan fingerprint density at radius 2 is 2.00 bits per heavy atom. The van der Waals surface area contributed by atoms with Crippen molar-refractivity contribution >= 4 is 28.9 Å². The fourth-order valence-electron chi connectivity index (χ4n) is 1.19. The number of nitrogens with zero attached hydrogens (tertiary/aromatic N) is 2. The maximum Gasteiger partial charge on any atom is 0.154 e. The molecule has 0 aliphatic heterocycles. The molecule has 3 N–H and O–H groups in total. The van der Waals surface area contributed by atoms with Crippen molar-refractivity contribution in [1.29, 1.82) is 0 Å². The van der Waals surface area contributed by atoms with Crippen molar-refractivity contribution in [2.45, 2.75) is 0 Å². The zero-order valence-corrected chi connectivity index (χ0v) is 9.17. The second kappa shape index (κ2) is 4.50. The summed E-state index contributed by atoms with van der Waals surface area (Å²) >= 11 is 5.82. The second-order valence-electron chi connectivity index (χ2n) is 3.17. The van der Waals surface area contributed by atoms with Crippen LogP contribution in [0.2, 0.25) is 5.02 Å². The van der Waals surface area contributed by atoms with Crippen LogP contribution in [0.15, 0.2) is 24.5 Å². The average molecular weight is 257 g/mol. The van der Waals surface area contributed by atoms with Crippen molar-refractivity contribution in [3.05, 3.63) is 41.2 Å².